The number of aromatic nitrogens is 2. The molecule has 2 rings (SSSR count). The molecule has 0 amide bonds. The third-order valence-electron chi connectivity index (χ3n) is 2.94. The maximum atomic E-state index is 5.57. The minimum absolute atomic E-state index is 0.419. The minimum Gasteiger partial charge on any atom is -0.377 e. The highest BCUT2D eigenvalue weighted by Crippen LogP contribution is 2.10. The lowest BCUT2D eigenvalue weighted by Gasteiger charge is -2.11. The Balaban J connectivity index is 1.73. The van der Waals surface area contributed by atoms with Gasteiger partial charge in [-0.25, -0.2) is 0 Å². The summed E-state index contributed by atoms with van der Waals surface area (Å²) in [4.78, 5) is 0. The zero-order chi connectivity index (χ0) is 11.2. The predicted molar refractivity (Wildman–Crippen MR) is 63.2 cm³/mol. The van der Waals surface area contributed by atoms with Gasteiger partial charge in [-0.15, -0.1) is 0 Å². The first-order valence-corrected chi connectivity index (χ1v) is 6.23. The summed E-state index contributed by atoms with van der Waals surface area (Å²) >= 11 is 0. The van der Waals surface area contributed by atoms with E-state index in [-0.39, 0.29) is 0 Å². The predicted octanol–water partition coefficient (Wildman–Crippen LogP) is 1.56. The second kappa shape index (κ2) is 6.01. The lowest BCUT2D eigenvalue weighted by Crippen LogP contribution is -2.26. The summed E-state index contributed by atoms with van der Waals surface area (Å²) < 4.78 is 7.64. The Labute approximate surface area is 97.0 Å². The van der Waals surface area contributed by atoms with E-state index in [9.17, 15) is 0 Å². The Morgan fingerprint density at radius 1 is 1.62 bits per heavy atom. The number of rotatable bonds is 6. The van der Waals surface area contributed by atoms with E-state index in [0.29, 0.717) is 6.10 Å². The molecule has 0 unspecified atom stereocenters. The average molecular weight is 223 g/mol. The fraction of sp³-hybridized carbons (Fsp3) is 0.750. The van der Waals surface area contributed by atoms with Crippen molar-refractivity contribution >= 4 is 0 Å². The van der Waals surface area contributed by atoms with Gasteiger partial charge in [0.15, 0.2) is 0 Å². The van der Waals surface area contributed by atoms with Gasteiger partial charge in [0, 0.05) is 32.4 Å². The molecule has 0 radical (unpaired) electrons. The van der Waals surface area contributed by atoms with E-state index in [1.165, 1.54) is 18.5 Å². The highest BCUT2D eigenvalue weighted by Gasteiger charge is 2.14. The van der Waals surface area contributed by atoms with E-state index < -0.39 is 0 Å². The summed E-state index contributed by atoms with van der Waals surface area (Å²) in [5.74, 6) is 0. The van der Waals surface area contributed by atoms with Crippen LogP contribution in [0.2, 0.25) is 0 Å². The monoisotopic (exact) mass is 223 g/mol. The van der Waals surface area contributed by atoms with Gasteiger partial charge in [-0.3, -0.25) is 4.68 Å². The minimum atomic E-state index is 0.419. The second-order valence-electron chi connectivity index (χ2n) is 4.31. The Morgan fingerprint density at radius 3 is 3.31 bits per heavy atom. The van der Waals surface area contributed by atoms with Crippen molar-refractivity contribution in [2.45, 2.75) is 45.4 Å². The standard InChI is InChI=1S/C12H21N3O/c1-2-7-15-11(5-6-14-15)9-13-10-12-4-3-8-16-12/h5-6,12-13H,2-4,7-10H2,1H3/t12-/m1/s1. The Hall–Kier alpha value is -0.870. The lowest BCUT2D eigenvalue weighted by atomic mass is 10.2. The first kappa shape index (κ1) is 11.6. The number of ether oxygens (including phenoxy) is 1. The zero-order valence-corrected chi connectivity index (χ0v) is 9.98. The molecule has 16 heavy (non-hydrogen) atoms. The maximum Gasteiger partial charge on any atom is 0.0700 e. The molecule has 0 spiro atoms. The summed E-state index contributed by atoms with van der Waals surface area (Å²) in [6, 6.07) is 2.08. The van der Waals surface area contributed by atoms with Crippen LogP contribution in [-0.2, 0) is 17.8 Å². The van der Waals surface area contributed by atoms with E-state index in [2.05, 4.69) is 28.1 Å². The van der Waals surface area contributed by atoms with E-state index in [1.807, 2.05) is 6.20 Å². The van der Waals surface area contributed by atoms with Gasteiger partial charge in [0.1, 0.15) is 0 Å². The molecular formula is C12H21N3O. The molecule has 90 valence electrons. The van der Waals surface area contributed by atoms with Crippen LogP contribution in [0.1, 0.15) is 31.9 Å². The van der Waals surface area contributed by atoms with Gasteiger partial charge in [-0.1, -0.05) is 6.92 Å². The van der Waals surface area contributed by atoms with Crippen LogP contribution in [0, 0.1) is 0 Å². The quantitative estimate of drug-likeness (QED) is 0.795. The molecule has 4 heteroatoms. The first-order chi connectivity index (χ1) is 7.90. The number of nitrogens with one attached hydrogen (secondary N) is 1. The van der Waals surface area contributed by atoms with Crippen LogP contribution >= 0.6 is 0 Å². The molecule has 1 N–H and O–H groups in total. The number of aryl methyl sites for hydroxylation is 1. The fourth-order valence-corrected chi connectivity index (χ4v) is 2.09. The van der Waals surface area contributed by atoms with Crippen molar-refractivity contribution in [3.8, 4) is 0 Å². The van der Waals surface area contributed by atoms with Gasteiger partial charge < -0.3 is 10.1 Å². The molecule has 1 aliphatic rings. The van der Waals surface area contributed by atoms with Crippen LogP contribution in [0.5, 0.6) is 0 Å². The van der Waals surface area contributed by atoms with Crippen molar-refractivity contribution < 1.29 is 4.74 Å². The second-order valence-corrected chi connectivity index (χ2v) is 4.31. The average Bonchev–Trinajstić information content (AvgIpc) is 2.91. The smallest absolute Gasteiger partial charge is 0.0700 e. The third kappa shape index (κ3) is 3.06. The van der Waals surface area contributed by atoms with Gasteiger partial charge >= 0.3 is 0 Å². The highest BCUT2D eigenvalue weighted by atomic mass is 16.5. The first-order valence-electron chi connectivity index (χ1n) is 6.23. The Morgan fingerprint density at radius 2 is 2.56 bits per heavy atom. The highest BCUT2D eigenvalue weighted by molar-refractivity contribution is 5.00. The van der Waals surface area contributed by atoms with Crippen LogP contribution in [0.15, 0.2) is 12.3 Å². The van der Waals surface area contributed by atoms with E-state index in [0.717, 1.165) is 32.7 Å². The van der Waals surface area contributed by atoms with Gasteiger partial charge in [0.25, 0.3) is 0 Å². The molecule has 2 heterocycles. The molecule has 4 nitrogen and oxygen atoms in total. The number of hydrogen-bond donors (Lipinski definition) is 1. The summed E-state index contributed by atoms with van der Waals surface area (Å²) in [6.07, 6.45) is 5.82. The van der Waals surface area contributed by atoms with Crippen LogP contribution < -0.4 is 5.32 Å². The molecule has 1 aromatic rings. The molecule has 0 saturated carbocycles. The molecule has 1 saturated heterocycles. The van der Waals surface area contributed by atoms with Crippen LogP contribution in [0.3, 0.4) is 0 Å². The molecular weight excluding hydrogens is 202 g/mol. The molecule has 0 bridgehead atoms. The van der Waals surface area contributed by atoms with Crippen LogP contribution in [0.4, 0.5) is 0 Å². The SMILES string of the molecule is CCCn1nccc1CNC[C@H]1CCCO1. The maximum absolute atomic E-state index is 5.57. The van der Waals surface area contributed by atoms with E-state index in [1.54, 1.807) is 0 Å². The molecule has 1 aromatic heterocycles. The van der Waals surface area contributed by atoms with Crippen molar-refractivity contribution in [2.75, 3.05) is 13.2 Å². The van der Waals surface area contributed by atoms with Gasteiger partial charge in [0.2, 0.25) is 0 Å². The molecule has 1 fully saturated rings. The lowest BCUT2D eigenvalue weighted by molar-refractivity contribution is 0.109. The topological polar surface area (TPSA) is 39.1 Å². The van der Waals surface area contributed by atoms with Crippen LogP contribution in [-0.4, -0.2) is 29.0 Å². The van der Waals surface area contributed by atoms with E-state index in [4.69, 9.17) is 4.74 Å². The Bertz CT molecular complexity index is 305. The fourth-order valence-electron chi connectivity index (χ4n) is 2.09. The summed E-state index contributed by atoms with van der Waals surface area (Å²) in [7, 11) is 0. The molecule has 0 aliphatic carbocycles. The third-order valence-corrected chi connectivity index (χ3v) is 2.94. The number of hydrogen-bond acceptors (Lipinski definition) is 3. The Kier molecular flexibility index (Phi) is 4.36. The van der Waals surface area contributed by atoms with Crippen LogP contribution in [0.25, 0.3) is 0 Å². The van der Waals surface area contributed by atoms with Crippen molar-refractivity contribution in [1.82, 2.24) is 15.1 Å². The summed E-state index contributed by atoms with van der Waals surface area (Å²) in [5, 5.41) is 7.74. The normalized spacial score (nSPS) is 20.4. The van der Waals surface area contributed by atoms with Gasteiger partial charge in [0.05, 0.1) is 11.8 Å². The van der Waals surface area contributed by atoms with Gasteiger partial charge in [-0.2, -0.15) is 5.10 Å². The molecule has 1 atom stereocenters. The van der Waals surface area contributed by atoms with Crippen molar-refractivity contribution in [3.05, 3.63) is 18.0 Å². The summed E-state index contributed by atoms with van der Waals surface area (Å²) in [6.45, 7) is 5.95. The van der Waals surface area contributed by atoms with Crippen molar-refractivity contribution in [3.63, 3.8) is 0 Å². The van der Waals surface area contributed by atoms with E-state index >= 15 is 0 Å². The largest absolute Gasteiger partial charge is 0.377 e. The molecule has 1 aliphatic heterocycles. The summed E-state index contributed by atoms with van der Waals surface area (Å²) in [5.41, 5.74) is 1.26. The number of nitrogens with zero attached hydrogens (tertiary/aromatic N) is 2. The van der Waals surface area contributed by atoms with Crippen molar-refractivity contribution in [1.29, 1.82) is 0 Å². The van der Waals surface area contributed by atoms with Gasteiger partial charge in [-0.05, 0) is 25.3 Å². The zero-order valence-electron chi connectivity index (χ0n) is 9.98. The molecule has 0 aromatic carbocycles. The van der Waals surface area contributed by atoms with Crippen molar-refractivity contribution in [2.24, 2.45) is 0 Å².